The topological polar surface area (TPSA) is 68.0 Å². The van der Waals surface area contributed by atoms with Crippen molar-refractivity contribution in [3.8, 4) is 0 Å². The van der Waals surface area contributed by atoms with Crippen LogP contribution in [0.15, 0.2) is 49.8 Å². The summed E-state index contributed by atoms with van der Waals surface area (Å²) in [7, 11) is 0. The van der Waals surface area contributed by atoms with Crippen molar-refractivity contribution in [3.05, 3.63) is 57.4 Å². The van der Waals surface area contributed by atoms with Gasteiger partial charge in [0.2, 0.25) is 5.13 Å². The molecule has 3 aromatic rings. The lowest BCUT2D eigenvalue weighted by atomic mass is 10.2. The number of halogens is 2. The Morgan fingerprint density at radius 1 is 1.30 bits per heavy atom. The molecular formula is C14H9BrClN3O2S2. The van der Waals surface area contributed by atoms with Crippen molar-refractivity contribution in [2.75, 3.05) is 5.32 Å². The van der Waals surface area contributed by atoms with Gasteiger partial charge in [-0.25, -0.2) is 0 Å². The summed E-state index contributed by atoms with van der Waals surface area (Å²) >= 11 is 12.1. The molecule has 9 heteroatoms. The highest BCUT2D eigenvalue weighted by Crippen LogP contribution is 2.30. The van der Waals surface area contributed by atoms with Crippen LogP contribution in [0.4, 0.5) is 5.13 Å². The van der Waals surface area contributed by atoms with Crippen molar-refractivity contribution >= 4 is 61.7 Å². The first-order chi connectivity index (χ1) is 11.1. The zero-order chi connectivity index (χ0) is 16.2. The highest BCUT2D eigenvalue weighted by molar-refractivity contribution is 9.10. The highest BCUT2D eigenvalue weighted by atomic mass is 79.9. The number of hydrogen-bond donors (Lipinski definition) is 1. The van der Waals surface area contributed by atoms with Crippen LogP contribution in [0.1, 0.15) is 16.1 Å². The van der Waals surface area contributed by atoms with Crippen LogP contribution in [0.2, 0.25) is 5.02 Å². The summed E-state index contributed by atoms with van der Waals surface area (Å²) < 4.78 is 6.43. The molecule has 0 unspecified atom stereocenters. The van der Waals surface area contributed by atoms with E-state index in [9.17, 15) is 4.79 Å². The number of furan rings is 1. The molecule has 0 aliphatic rings. The lowest BCUT2D eigenvalue weighted by molar-refractivity contribution is 0.0995. The van der Waals surface area contributed by atoms with Gasteiger partial charge >= 0.3 is 0 Å². The monoisotopic (exact) mass is 429 g/mol. The molecule has 0 radical (unpaired) electrons. The summed E-state index contributed by atoms with van der Waals surface area (Å²) in [6.45, 7) is 0. The SMILES string of the molecule is O=C(Nc1nnc(SCc2ccccc2Cl)s1)c1ccc(Br)o1. The smallest absolute Gasteiger partial charge is 0.293 e. The summed E-state index contributed by atoms with van der Waals surface area (Å²) in [6, 6.07) is 10.9. The van der Waals surface area contributed by atoms with Crippen molar-refractivity contribution in [1.29, 1.82) is 0 Å². The van der Waals surface area contributed by atoms with E-state index in [-0.39, 0.29) is 11.7 Å². The summed E-state index contributed by atoms with van der Waals surface area (Å²) in [6.07, 6.45) is 0. The van der Waals surface area contributed by atoms with Crippen LogP contribution in [0.5, 0.6) is 0 Å². The summed E-state index contributed by atoms with van der Waals surface area (Å²) in [5.74, 6) is 0.528. The number of carbonyl (C=O) groups excluding carboxylic acids is 1. The van der Waals surface area contributed by atoms with E-state index in [0.29, 0.717) is 15.6 Å². The lowest BCUT2D eigenvalue weighted by Gasteiger charge is -2.00. The van der Waals surface area contributed by atoms with Gasteiger partial charge in [-0.15, -0.1) is 10.2 Å². The van der Waals surface area contributed by atoms with Gasteiger partial charge in [0.05, 0.1) is 0 Å². The molecule has 23 heavy (non-hydrogen) atoms. The molecule has 1 amide bonds. The van der Waals surface area contributed by atoms with Gasteiger partial charge in [0.15, 0.2) is 14.8 Å². The molecule has 2 aromatic heterocycles. The number of aromatic nitrogens is 2. The Balaban J connectivity index is 1.60. The summed E-state index contributed by atoms with van der Waals surface area (Å²) in [5.41, 5.74) is 1.03. The number of carbonyl (C=O) groups is 1. The fraction of sp³-hybridized carbons (Fsp3) is 0.0714. The Kier molecular flexibility index (Phi) is 5.37. The first-order valence-corrected chi connectivity index (χ1v) is 9.35. The van der Waals surface area contributed by atoms with Gasteiger partial charge in [-0.05, 0) is 39.7 Å². The maximum absolute atomic E-state index is 11.9. The molecule has 0 saturated carbocycles. The first-order valence-electron chi connectivity index (χ1n) is 6.38. The van der Waals surface area contributed by atoms with Crippen molar-refractivity contribution in [1.82, 2.24) is 10.2 Å². The normalized spacial score (nSPS) is 10.7. The molecule has 5 nitrogen and oxygen atoms in total. The van der Waals surface area contributed by atoms with Crippen LogP contribution in [0, 0.1) is 0 Å². The van der Waals surface area contributed by atoms with Crippen molar-refractivity contribution < 1.29 is 9.21 Å². The molecule has 1 N–H and O–H groups in total. The molecule has 0 aliphatic heterocycles. The standard InChI is InChI=1S/C14H9BrClN3O2S2/c15-11-6-5-10(21-11)12(20)17-13-18-19-14(23-13)22-7-8-3-1-2-4-9(8)16/h1-6H,7H2,(H,17,18,20). The molecule has 0 aliphatic carbocycles. The molecule has 0 atom stereocenters. The number of amides is 1. The van der Waals surface area contributed by atoms with Crippen molar-refractivity contribution in [3.63, 3.8) is 0 Å². The van der Waals surface area contributed by atoms with E-state index < -0.39 is 0 Å². The quantitative estimate of drug-likeness (QED) is 0.451. The average molecular weight is 431 g/mol. The van der Waals surface area contributed by atoms with Crippen LogP contribution in [0.3, 0.4) is 0 Å². The average Bonchev–Trinajstić information content (AvgIpc) is 3.15. The molecule has 0 saturated heterocycles. The zero-order valence-corrected chi connectivity index (χ0v) is 15.4. The minimum Gasteiger partial charge on any atom is -0.444 e. The number of thioether (sulfide) groups is 1. The highest BCUT2D eigenvalue weighted by Gasteiger charge is 2.14. The predicted octanol–water partition coefficient (Wildman–Crippen LogP) is 5.09. The summed E-state index contributed by atoms with van der Waals surface area (Å²) in [5, 5.41) is 11.8. The lowest BCUT2D eigenvalue weighted by Crippen LogP contribution is -2.10. The van der Waals surface area contributed by atoms with Crippen LogP contribution in [-0.4, -0.2) is 16.1 Å². The van der Waals surface area contributed by atoms with Gasteiger partial charge in [0.25, 0.3) is 5.91 Å². The molecule has 0 spiro atoms. The largest absolute Gasteiger partial charge is 0.444 e. The van der Waals surface area contributed by atoms with Crippen molar-refractivity contribution in [2.24, 2.45) is 0 Å². The predicted molar refractivity (Wildman–Crippen MR) is 95.3 cm³/mol. The van der Waals surface area contributed by atoms with Gasteiger partial charge in [0, 0.05) is 10.8 Å². The maximum atomic E-state index is 11.9. The second kappa shape index (κ2) is 7.48. The van der Waals surface area contributed by atoms with Crippen LogP contribution in [-0.2, 0) is 5.75 Å². The van der Waals surface area contributed by atoms with Gasteiger partial charge in [-0.2, -0.15) is 0 Å². The van der Waals surface area contributed by atoms with E-state index in [4.69, 9.17) is 16.0 Å². The molecule has 2 heterocycles. The molecule has 0 bridgehead atoms. The minimum absolute atomic E-state index is 0.206. The van der Waals surface area contributed by atoms with Crippen LogP contribution < -0.4 is 5.32 Å². The van der Waals surface area contributed by atoms with Gasteiger partial charge < -0.3 is 4.42 Å². The van der Waals surface area contributed by atoms with Gasteiger partial charge in [-0.1, -0.05) is 52.9 Å². The Bertz CT molecular complexity index is 837. The fourth-order valence-electron chi connectivity index (χ4n) is 1.67. The van der Waals surface area contributed by atoms with Crippen LogP contribution in [0.25, 0.3) is 0 Å². The van der Waals surface area contributed by atoms with E-state index in [1.807, 2.05) is 24.3 Å². The second-order valence-electron chi connectivity index (χ2n) is 4.31. The molecule has 0 fully saturated rings. The van der Waals surface area contributed by atoms with E-state index in [2.05, 4.69) is 31.4 Å². The molecule has 1 aromatic carbocycles. The molecule has 3 rings (SSSR count). The number of anilines is 1. The third-order valence-electron chi connectivity index (χ3n) is 2.73. The Morgan fingerprint density at radius 2 is 2.13 bits per heavy atom. The number of rotatable bonds is 5. The Morgan fingerprint density at radius 3 is 2.87 bits per heavy atom. The number of nitrogens with one attached hydrogen (secondary N) is 1. The fourth-order valence-corrected chi connectivity index (χ4v) is 4.01. The number of benzene rings is 1. The van der Waals surface area contributed by atoms with E-state index in [1.165, 1.54) is 23.1 Å². The second-order valence-corrected chi connectivity index (χ2v) is 7.70. The molecular weight excluding hydrogens is 422 g/mol. The van der Waals surface area contributed by atoms with E-state index in [0.717, 1.165) is 14.9 Å². The zero-order valence-electron chi connectivity index (χ0n) is 11.5. The minimum atomic E-state index is -0.366. The number of nitrogens with zero attached hydrogens (tertiary/aromatic N) is 2. The number of hydrogen-bond acceptors (Lipinski definition) is 6. The Labute approximate surface area is 153 Å². The maximum Gasteiger partial charge on any atom is 0.293 e. The summed E-state index contributed by atoms with van der Waals surface area (Å²) in [4.78, 5) is 11.9. The third-order valence-corrected chi connectivity index (χ3v) is 5.55. The van der Waals surface area contributed by atoms with Gasteiger partial charge in [0.1, 0.15) is 0 Å². The Hall–Kier alpha value is -1.35. The van der Waals surface area contributed by atoms with Crippen LogP contribution >= 0.6 is 50.6 Å². The van der Waals surface area contributed by atoms with Crippen molar-refractivity contribution in [2.45, 2.75) is 10.1 Å². The first kappa shape index (κ1) is 16.5. The van der Waals surface area contributed by atoms with Gasteiger partial charge in [-0.3, -0.25) is 10.1 Å². The van der Waals surface area contributed by atoms with E-state index >= 15 is 0 Å². The molecule has 118 valence electrons. The third kappa shape index (κ3) is 4.35. The van der Waals surface area contributed by atoms with E-state index in [1.54, 1.807) is 12.1 Å².